The van der Waals surface area contributed by atoms with Crippen LogP contribution in [0, 0.1) is 10.8 Å². The molecule has 1 fully saturated rings. The zero-order valence-electron chi connectivity index (χ0n) is 7.68. The lowest BCUT2D eigenvalue weighted by Gasteiger charge is -2.38. The fraction of sp³-hybridized carbons (Fsp3) is 1.00. The molecule has 0 aromatic carbocycles. The van der Waals surface area contributed by atoms with Crippen LogP contribution < -0.4 is 0 Å². The molecule has 1 N–H and O–H groups in total. The van der Waals surface area contributed by atoms with E-state index < -0.39 is 0 Å². The number of rotatable bonds is 1. The molecular weight excluding hydrogens is 140 g/mol. The van der Waals surface area contributed by atoms with Gasteiger partial charge in [0.2, 0.25) is 0 Å². The van der Waals surface area contributed by atoms with Gasteiger partial charge in [0.25, 0.3) is 0 Å². The van der Waals surface area contributed by atoms with Crippen molar-refractivity contribution in [2.45, 2.75) is 27.2 Å². The molecule has 1 rings (SSSR count). The molecule has 1 heterocycles. The van der Waals surface area contributed by atoms with Gasteiger partial charge in [-0.2, -0.15) is 0 Å². The summed E-state index contributed by atoms with van der Waals surface area (Å²) in [7, 11) is 0. The van der Waals surface area contributed by atoms with Gasteiger partial charge in [0.15, 0.2) is 0 Å². The first-order valence-electron chi connectivity index (χ1n) is 4.20. The van der Waals surface area contributed by atoms with E-state index in [0.717, 1.165) is 13.0 Å². The predicted molar refractivity (Wildman–Crippen MR) is 44.4 cm³/mol. The van der Waals surface area contributed by atoms with E-state index in [1.807, 2.05) is 0 Å². The Morgan fingerprint density at radius 3 is 2.27 bits per heavy atom. The molecular formula is C9H18O2. The van der Waals surface area contributed by atoms with Crippen LogP contribution in [0.5, 0.6) is 0 Å². The topological polar surface area (TPSA) is 29.5 Å². The van der Waals surface area contributed by atoms with Crippen molar-refractivity contribution in [3.8, 4) is 0 Å². The average molecular weight is 158 g/mol. The first-order chi connectivity index (χ1) is 5.02. The van der Waals surface area contributed by atoms with Gasteiger partial charge >= 0.3 is 0 Å². The quantitative estimate of drug-likeness (QED) is 0.625. The zero-order chi connectivity index (χ0) is 8.54. The average Bonchev–Trinajstić information content (AvgIpc) is 2.33. The second kappa shape index (κ2) is 2.76. The highest BCUT2D eigenvalue weighted by Crippen LogP contribution is 2.44. The summed E-state index contributed by atoms with van der Waals surface area (Å²) in [5.74, 6) is 0. The van der Waals surface area contributed by atoms with Crippen LogP contribution in [0.2, 0.25) is 0 Å². The molecule has 0 saturated carbocycles. The Hall–Kier alpha value is -0.0800. The highest BCUT2D eigenvalue weighted by Gasteiger charge is 2.44. The second-order valence-electron chi connectivity index (χ2n) is 4.49. The Kier molecular flexibility index (Phi) is 2.26. The monoisotopic (exact) mass is 158 g/mol. The number of aliphatic hydroxyl groups is 1. The van der Waals surface area contributed by atoms with E-state index in [4.69, 9.17) is 4.74 Å². The maximum atomic E-state index is 9.27. The van der Waals surface area contributed by atoms with Crippen molar-refractivity contribution < 1.29 is 9.84 Å². The van der Waals surface area contributed by atoms with E-state index in [1.54, 1.807) is 0 Å². The Morgan fingerprint density at radius 2 is 2.09 bits per heavy atom. The molecule has 66 valence electrons. The summed E-state index contributed by atoms with van der Waals surface area (Å²) in [6.45, 7) is 8.26. The molecule has 11 heavy (non-hydrogen) atoms. The van der Waals surface area contributed by atoms with Crippen molar-refractivity contribution in [2.24, 2.45) is 10.8 Å². The normalized spacial score (nSPS) is 32.7. The molecule has 0 bridgehead atoms. The van der Waals surface area contributed by atoms with E-state index in [9.17, 15) is 5.11 Å². The van der Waals surface area contributed by atoms with Gasteiger partial charge in [-0.1, -0.05) is 20.8 Å². The van der Waals surface area contributed by atoms with E-state index >= 15 is 0 Å². The molecule has 2 heteroatoms. The van der Waals surface area contributed by atoms with Crippen LogP contribution >= 0.6 is 0 Å². The summed E-state index contributed by atoms with van der Waals surface area (Å²) < 4.78 is 5.32. The van der Waals surface area contributed by atoms with E-state index in [-0.39, 0.29) is 17.4 Å². The standard InChI is InChI=1S/C9H18O2/c1-8(2,3)9(6-10)4-5-11-7-9/h10H,4-7H2,1-3H3. The van der Waals surface area contributed by atoms with Crippen molar-refractivity contribution in [1.82, 2.24) is 0 Å². The van der Waals surface area contributed by atoms with Crippen molar-refractivity contribution in [1.29, 1.82) is 0 Å². The Bertz CT molecular complexity index is 129. The molecule has 0 spiro atoms. The first-order valence-corrected chi connectivity index (χ1v) is 4.20. The number of hydrogen-bond donors (Lipinski definition) is 1. The smallest absolute Gasteiger partial charge is 0.0550 e. The van der Waals surface area contributed by atoms with Crippen molar-refractivity contribution in [3.63, 3.8) is 0 Å². The van der Waals surface area contributed by atoms with Crippen LogP contribution in [-0.4, -0.2) is 24.9 Å². The summed E-state index contributed by atoms with van der Waals surface area (Å²) >= 11 is 0. The van der Waals surface area contributed by atoms with Gasteiger partial charge < -0.3 is 9.84 Å². The van der Waals surface area contributed by atoms with Gasteiger partial charge in [-0.05, 0) is 11.8 Å². The van der Waals surface area contributed by atoms with E-state index in [1.165, 1.54) is 0 Å². The minimum Gasteiger partial charge on any atom is -0.396 e. The lowest BCUT2D eigenvalue weighted by molar-refractivity contribution is 0.00546. The predicted octanol–water partition coefficient (Wildman–Crippen LogP) is 1.43. The van der Waals surface area contributed by atoms with Crippen molar-refractivity contribution in [2.75, 3.05) is 19.8 Å². The zero-order valence-corrected chi connectivity index (χ0v) is 7.68. The Balaban J connectivity index is 2.75. The van der Waals surface area contributed by atoms with Crippen molar-refractivity contribution in [3.05, 3.63) is 0 Å². The van der Waals surface area contributed by atoms with Crippen molar-refractivity contribution >= 4 is 0 Å². The third-order valence-corrected chi connectivity index (χ3v) is 3.00. The van der Waals surface area contributed by atoms with Gasteiger partial charge in [-0.3, -0.25) is 0 Å². The van der Waals surface area contributed by atoms with Gasteiger partial charge in [-0.15, -0.1) is 0 Å². The molecule has 1 aliphatic heterocycles. The fourth-order valence-electron chi connectivity index (χ4n) is 1.56. The van der Waals surface area contributed by atoms with Gasteiger partial charge in [0.05, 0.1) is 13.2 Å². The second-order valence-corrected chi connectivity index (χ2v) is 4.49. The Morgan fingerprint density at radius 1 is 1.45 bits per heavy atom. The van der Waals surface area contributed by atoms with E-state index in [2.05, 4.69) is 20.8 Å². The minimum atomic E-state index is 0.00694. The molecule has 2 nitrogen and oxygen atoms in total. The Labute approximate surface area is 68.6 Å². The molecule has 0 aromatic rings. The van der Waals surface area contributed by atoms with Gasteiger partial charge in [0, 0.05) is 12.0 Å². The SMILES string of the molecule is CC(C)(C)C1(CO)CCOC1. The number of ether oxygens (including phenoxy) is 1. The molecule has 1 aliphatic rings. The number of aliphatic hydroxyl groups excluding tert-OH is 1. The van der Waals surface area contributed by atoms with Crippen LogP contribution in [0.15, 0.2) is 0 Å². The van der Waals surface area contributed by atoms with Crippen LogP contribution in [0.4, 0.5) is 0 Å². The number of hydrogen-bond acceptors (Lipinski definition) is 2. The largest absolute Gasteiger partial charge is 0.396 e. The lowest BCUT2D eigenvalue weighted by atomic mass is 9.67. The summed E-state index contributed by atoms with van der Waals surface area (Å²) in [6, 6.07) is 0. The fourth-order valence-corrected chi connectivity index (χ4v) is 1.56. The highest BCUT2D eigenvalue weighted by molar-refractivity contribution is 4.92. The maximum Gasteiger partial charge on any atom is 0.0550 e. The maximum absolute atomic E-state index is 9.27. The summed E-state index contributed by atoms with van der Waals surface area (Å²) in [4.78, 5) is 0. The van der Waals surface area contributed by atoms with Crippen LogP contribution in [0.25, 0.3) is 0 Å². The molecule has 0 radical (unpaired) electrons. The molecule has 0 amide bonds. The molecule has 1 unspecified atom stereocenters. The molecule has 0 aliphatic carbocycles. The molecule has 0 aromatic heterocycles. The van der Waals surface area contributed by atoms with Crippen LogP contribution in [0.3, 0.4) is 0 Å². The summed E-state index contributed by atoms with van der Waals surface area (Å²) in [5, 5.41) is 9.27. The molecule has 1 saturated heterocycles. The molecule has 1 atom stereocenters. The highest BCUT2D eigenvalue weighted by atomic mass is 16.5. The third kappa shape index (κ3) is 1.42. The first kappa shape index (κ1) is 9.01. The third-order valence-electron chi connectivity index (χ3n) is 3.00. The minimum absolute atomic E-state index is 0.00694. The lowest BCUT2D eigenvalue weighted by Crippen LogP contribution is -2.39. The van der Waals surface area contributed by atoms with Crippen LogP contribution in [0.1, 0.15) is 27.2 Å². The van der Waals surface area contributed by atoms with E-state index in [0.29, 0.717) is 6.61 Å². The van der Waals surface area contributed by atoms with Gasteiger partial charge in [-0.25, -0.2) is 0 Å². The van der Waals surface area contributed by atoms with Crippen LogP contribution in [-0.2, 0) is 4.74 Å². The summed E-state index contributed by atoms with van der Waals surface area (Å²) in [6.07, 6.45) is 0.993. The summed E-state index contributed by atoms with van der Waals surface area (Å²) in [5.41, 5.74) is 0.158. The van der Waals surface area contributed by atoms with Gasteiger partial charge in [0.1, 0.15) is 0 Å².